The summed E-state index contributed by atoms with van der Waals surface area (Å²) in [5.41, 5.74) is 0. The van der Waals surface area contributed by atoms with Gasteiger partial charge in [0.2, 0.25) is 5.91 Å². The molecule has 110 valence electrons. The van der Waals surface area contributed by atoms with Crippen LogP contribution in [0.15, 0.2) is 30.3 Å². The van der Waals surface area contributed by atoms with Crippen LogP contribution in [0.2, 0.25) is 0 Å². The lowest BCUT2D eigenvalue weighted by Crippen LogP contribution is -2.28. The number of nitrogens with one attached hydrogen (secondary N) is 1. The number of amides is 1. The number of benzene rings is 1. The van der Waals surface area contributed by atoms with Gasteiger partial charge in [-0.25, -0.2) is 0 Å². The Labute approximate surface area is 120 Å². The second kappa shape index (κ2) is 8.59. The molecule has 20 heavy (non-hydrogen) atoms. The van der Waals surface area contributed by atoms with E-state index in [0.717, 1.165) is 44.8 Å². The topological polar surface area (TPSA) is 47.6 Å². The lowest BCUT2D eigenvalue weighted by Gasteiger charge is -2.21. The van der Waals surface area contributed by atoms with Gasteiger partial charge in [-0.2, -0.15) is 0 Å². The number of carbonyl (C=O) groups is 1. The molecule has 1 amide bonds. The van der Waals surface area contributed by atoms with Gasteiger partial charge in [0.05, 0.1) is 13.0 Å². The smallest absolute Gasteiger partial charge is 0.223 e. The Morgan fingerprint density at radius 1 is 1.25 bits per heavy atom. The largest absolute Gasteiger partial charge is 0.493 e. The van der Waals surface area contributed by atoms with Crippen LogP contribution in [0.5, 0.6) is 5.75 Å². The van der Waals surface area contributed by atoms with Crippen molar-refractivity contribution in [2.24, 2.45) is 5.92 Å². The Bertz CT molecular complexity index is 388. The van der Waals surface area contributed by atoms with Crippen molar-refractivity contribution in [2.45, 2.75) is 25.7 Å². The number of hydrogen-bond acceptors (Lipinski definition) is 3. The average Bonchev–Trinajstić information content (AvgIpc) is 2.49. The molecule has 1 aromatic rings. The first-order valence-electron chi connectivity index (χ1n) is 7.37. The molecule has 1 heterocycles. The van der Waals surface area contributed by atoms with Gasteiger partial charge in [-0.1, -0.05) is 18.2 Å². The number of para-hydroxylation sites is 1. The Morgan fingerprint density at radius 3 is 2.75 bits per heavy atom. The SMILES string of the molecule is O=C(CCOc1ccccc1)NCCC1CCOCC1. The van der Waals surface area contributed by atoms with Crippen molar-refractivity contribution in [1.82, 2.24) is 5.32 Å². The fraction of sp³-hybridized carbons (Fsp3) is 0.562. The van der Waals surface area contributed by atoms with Crippen LogP contribution in [0.3, 0.4) is 0 Å². The Balaban J connectivity index is 1.52. The van der Waals surface area contributed by atoms with Gasteiger partial charge in [0, 0.05) is 19.8 Å². The van der Waals surface area contributed by atoms with E-state index in [-0.39, 0.29) is 5.91 Å². The molecule has 2 rings (SSSR count). The van der Waals surface area contributed by atoms with Gasteiger partial charge in [-0.05, 0) is 37.3 Å². The molecule has 1 N–H and O–H groups in total. The third-order valence-corrected chi connectivity index (χ3v) is 3.56. The highest BCUT2D eigenvalue weighted by Crippen LogP contribution is 2.17. The minimum atomic E-state index is 0.0630. The summed E-state index contributed by atoms with van der Waals surface area (Å²) in [6.07, 6.45) is 3.69. The van der Waals surface area contributed by atoms with Crippen LogP contribution in [0.1, 0.15) is 25.7 Å². The quantitative estimate of drug-likeness (QED) is 0.832. The monoisotopic (exact) mass is 277 g/mol. The molecular formula is C16H23NO3. The molecule has 1 saturated heterocycles. The van der Waals surface area contributed by atoms with E-state index in [1.165, 1.54) is 0 Å². The highest BCUT2D eigenvalue weighted by Gasteiger charge is 2.13. The van der Waals surface area contributed by atoms with Crippen LogP contribution in [0, 0.1) is 5.92 Å². The summed E-state index contributed by atoms with van der Waals surface area (Å²) in [4.78, 5) is 11.7. The van der Waals surface area contributed by atoms with Gasteiger partial charge >= 0.3 is 0 Å². The van der Waals surface area contributed by atoms with E-state index in [9.17, 15) is 4.79 Å². The Morgan fingerprint density at radius 2 is 2.00 bits per heavy atom. The molecule has 0 aromatic heterocycles. The van der Waals surface area contributed by atoms with Gasteiger partial charge < -0.3 is 14.8 Å². The van der Waals surface area contributed by atoms with E-state index < -0.39 is 0 Å². The first-order chi connectivity index (χ1) is 9.84. The molecule has 4 nitrogen and oxygen atoms in total. The second-order valence-electron chi connectivity index (χ2n) is 5.11. The molecule has 1 aliphatic rings. The van der Waals surface area contributed by atoms with E-state index in [2.05, 4.69) is 5.32 Å². The van der Waals surface area contributed by atoms with Crippen molar-refractivity contribution in [2.75, 3.05) is 26.4 Å². The predicted octanol–water partition coefficient (Wildman–Crippen LogP) is 2.39. The molecule has 0 saturated carbocycles. The van der Waals surface area contributed by atoms with Crippen LogP contribution >= 0.6 is 0 Å². The van der Waals surface area contributed by atoms with Crippen molar-refractivity contribution in [1.29, 1.82) is 0 Å². The van der Waals surface area contributed by atoms with E-state index in [1.807, 2.05) is 30.3 Å². The summed E-state index contributed by atoms with van der Waals surface area (Å²) in [6.45, 7) is 2.91. The van der Waals surface area contributed by atoms with Gasteiger partial charge in [0.1, 0.15) is 5.75 Å². The molecule has 0 spiro atoms. The van der Waals surface area contributed by atoms with E-state index >= 15 is 0 Å². The summed E-state index contributed by atoms with van der Waals surface area (Å²) < 4.78 is 10.8. The minimum Gasteiger partial charge on any atom is -0.493 e. The van der Waals surface area contributed by atoms with Crippen LogP contribution in [-0.2, 0) is 9.53 Å². The second-order valence-corrected chi connectivity index (χ2v) is 5.11. The standard InChI is InChI=1S/C16H23NO3/c18-16(9-13-20-15-4-2-1-3-5-15)17-10-6-14-7-11-19-12-8-14/h1-5,14H,6-13H2,(H,17,18). The number of carbonyl (C=O) groups excluding carboxylic acids is 1. The lowest BCUT2D eigenvalue weighted by atomic mass is 9.97. The summed E-state index contributed by atoms with van der Waals surface area (Å²) in [5.74, 6) is 1.57. The average molecular weight is 277 g/mol. The number of ether oxygens (including phenoxy) is 2. The van der Waals surface area contributed by atoms with Gasteiger partial charge in [0.15, 0.2) is 0 Å². The predicted molar refractivity (Wildman–Crippen MR) is 77.7 cm³/mol. The van der Waals surface area contributed by atoms with Crippen molar-refractivity contribution >= 4 is 5.91 Å². The third-order valence-electron chi connectivity index (χ3n) is 3.56. The molecule has 0 atom stereocenters. The summed E-state index contributed by atoms with van der Waals surface area (Å²) in [5, 5.41) is 2.96. The fourth-order valence-corrected chi connectivity index (χ4v) is 2.32. The van der Waals surface area contributed by atoms with Crippen LogP contribution < -0.4 is 10.1 Å². The first kappa shape index (κ1) is 14.9. The van der Waals surface area contributed by atoms with Gasteiger partial charge in [-0.3, -0.25) is 4.79 Å². The third kappa shape index (κ3) is 5.61. The number of hydrogen-bond donors (Lipinski definition) is 1. The molecule has 0 unspecified atom stereocenters. The zero-order valence-electron chi connectivity index (χ0n) is 11.8. The highest BCUT2D eigenvalue weighted by molar-refractivity contribution is 5.75. The highest BCUT2D eigenvalue weighted by atomic mass is 16.5. The normalized spacial score (nSPS) is 15.8. The maximum absolute atomic E-state index is 11.7. The van der Waals surface area contributed by atoms with E-state index in [1.54, 1.807) is 0 Å². The fourth-order valence-electron chi connectivity index (χ4n) is 2.32. The van der Waals surface area contributed by atoms with E-state index in [4.69, 9.17) is 9.47 Å². The first-order valence-corrected chi connectivity index (χ1v) is 7.37. The van der Waals surface area contributed by atoms with Crippen LogP contribution in [0.25, 0.3) is 0 Å². The molecule has 1 fully saturated rings. The Hall–Kier alpha value is -1.55. The lowest BCUT2D eigenvalue weighted by molar-refractivity contribution is -0.121. The maximum atomic E-state index is 11.7. The van der Waals surface area contributed by atoms with Crippen molar-refractivity contribution in [3.8, 4) is 5.75 Å². The van der Waals surface area contributed by atoms with Gasteiger partial charge in [0.25, 0.3) is 0 Å². The van der Waals surface area contributed by atoms with Crippen molar-refractivity contribution in [3.63, 3.8) is 0 Å². The van der Waals surface area contributed by atoms with Gasteiger partial charge in [-0.15, -0.1) is 0 Å². The molecule has 1 aromatic carbocycles. The zero-order chi connectivity index (χ0) is 14.0. The molecule has 0 aliphatic carbocycles. The van der Waals surface area contributed by atoms with Crippen LogP contribution in [0.4, 0.5) is 0 Å². The molecule has 4 heteroatoms. The summed E-state index contributed by atoms with van der Waals surface area (Å²) in [6, 6.07) is 9.56. The number of rotatable bonds is 7. The maximum Gasteiger partial charge on any atom is 0.223 e. The zero-order valence-corrected chi connectivity index (χ0v) is 11.8. The molecule has 0 bridgehead atoms. The van der Waals surface area contributed by atoms with Crippen molar-refractivity contribution < 1.29 is 14.3 Å². The molecule has 1 aliphatic heterocycles. The Kier molecular flexibility index (Phi) is 6.38. The summed E-state index contributed by atoms with van der Waals surface area (Å²) >= 11 is 0. The minimum absolute atomic E-state index is 0.0630. The van der Waals surface area contributed by atoms with E-state index in [0.29, 0.717) is 18.9 Å². The van der Waals surface area contributed by atoms with Crippen molar-refractivity contribution in [3.05, 3.63) is 30.3 Å². The summed E-state index contributed by atoms with van der Waals surface area (Å²) in [7, 11) is 0. The van der Waals surface area contributed by atoms with Crippen LogP contribution in [-0.4, -0.2) is 32.3 Å². The molecular weight excluding hydrogens is 254 g/mol. The molecule has 0 radical (unpaired) electrons.